The predicted octanol–water partition coefficient (Wildman–Crippen LogP) is 3.34. The van der Waals surface area contributed by atoms with Crippen molar-refractivity contribution in [3.63, 3.8) is 0 Å². The van der Waals surface area contributed by atoms with Crippen LogP contribution in [0.3, 0.4) is 0 Å². The highest BCUT2D eigenvalue weighted by Crippen LogP contribution is 2.52. The maximum Gasteiger partial charge on any atom is 0.130 e. The highest BCUT2D eigenvalue weighted by Gasteiger charge is 2.53. The molecule has 0 amide bonds. The van der Waals surface area contributed by atoms with Crippen molar-refractivity contribution in [2.24, 2.45) is 0 Å². The molecule has 0 aromatic carbocycles. The summed E-state index contributed by atoms with van der Waals surface area (Å²) in [6, 6.07) is 5.70. The normalized spacial score (nSPS) is 31.6. The monoisotopic (exact) mass is 283 g/mol. The van der Waals surface area contributed by atoms with Gasteiger partial charge in [0.2, 0.25) is 0 Å². The molecular weight excluding hydrogens is 270 g/mol. The Labute approximate surface area is 114 Å². The molecule has 1 N–H and O–H groups in total. The van der Waals surface area contributed by atoms with Gasteiger partial charge in [-0.25, -0.2) is 4.98 Å². The second-order valence-electron chi connectivity index (χ2n) is 5.18. The van der Waals surface area contributed by atoms with E-state index in [1.807, 2.05) is 19.1 Å². The van der Waals surface area contributed by atoms with Gasteiger partial charge < -0.3 is 9.84 Å². The number of hydrogen-bond donors (Lipinski definition) is 1. The lowest BCUT2D eigenvalue weighted by molar-refractivity contribution is -0.189. The summed E-state index contributed by atoms with van der Waals surface area (Å²) in [4.78, 5) is 6.08. The molecule has 0 spiro atoms. The Bertz CT molecular complexity index is 604. The maximum absolute atomic E-state index is 10.6. The average Bonchev–Trinajstić information content (AvgIpc) is 2.70. The van der Waals surface area contributed by atoms with E-state index in [9.17, 15) is 5.11 Å². The van der Waals surface area contributed by atoms with Crippen LogP contribution in [-0.2, 0) is 10.3 Å². The molecule has 1 fully saturated rings. The van der Waals surface area contributed by atoms with E-state index in [1.165, 1.54) is 11.3 Å². The van der Waals surface area contributed by atoms with Crippen molar-refractivity contribution in [3.8, 4) is 0 Å². The molecule has 2 aromatic heterocycles. The molecule has 0 bridgehead atoms. The molecule has 5 heteroatoms. The van der Waals surface area contributed by atoms with Gasteiger partial charge in [-0.2, -0.15) is 0 Å². The van der Waals surface area contributed by atoms with Crippen LogP contribution < -0.4 is 0 Å². The van der Waals surface area contributed by atoms with Gasteiger partial charge in [0.15, 0.2) is 0 Å². The standard InChI is InChI=1S/C13H14ClNO2S/c1-12(17-2)6-13(16,7-12)9-5-8-3-4-10(14)15-11(8)18-9/h3-5,16H,6-7H2,1-2H3. The molecule has 0 unspecified atom stereocenters. The van der Waals surface area contributed by atoms with Gasteiger partial charge in [0, 0.05) is 30.2 Å². The van der Waals surface area contributed by atoms with Gasteiger partial charge in [0.25, 0.3) is 0 Å². The van der Waals surface area contributed by atoms with Gasteiger partial charge in [0.05, 0.1) is 5.60 Å². The topological polar surface area (TPSA) is 42.4 Å². The molecule has 1 saturated carbocycles. The Balaban J connectivity index is 1.96. The second kappa shape index (κ2) is 3.90. The number of aromatic nitrogens is 1. The molecule has 3 rings (SSSR count). The first-order chi connectivity index (χ1) is 8.44. The van der Waals surface area contributed by atoms with Crippen LogP contribution in [0.25, 0.3) is 10.2 Å². The van der Waals surface area contributed by atoms with Crippen LogP contribution in [0.15, 0.2) is 18.2 Å². The Morgan fingerprint density at radius 3 is 2.83 bits per heavy atom. The third-order valence-corrected chi connectivity index (χ3v) is 5.08. The van der Waals surface area contributed by atoms with E-state index in [0.717, 1.165) is 15.1 Å². The summed E-state index contributed by atoms with van der Waals surface area (Å²) in [5.74, 6) is 0. The number of pyridine rings is 1. The largest absolute Gasteiger partial charge is 0.384 e. The molecule has 0 atom stereocenters. The summed E-state index contributed by atoms with van der Waals surface area (Å²) in [5.41, 5.74) is -0.987. The highest BCUT2D eigenvalue weighted by molar-refractivity contribution is 7.18. The number of halogens is 1. The molecule has 2 aromatic rings. The average molecular weight is 284 g/mol. The zero-order valence-electron chi connectivity index (χ0n) is 10.2. The van der Waals surface area contributed by atoms with Crippen molar-refractivity contribution < 1.29 is 9.84 Å². The lowest BCUT2D eigenvalue weighted by atomic mass is 9.67. The molecule has 1 aliphatic rings. The van der Waals surface area contributed by atoms with Gasteiger partial charge in [0.1, 0.15) is 15.6 Å². The Morgan fingerprint density at radius 2 is 2.17 bits per heavy atom. The van der Waals surface area contributed by atoms with Crippen LogP contribution >= 0.6 is 22.9 Å². The molecule has 0 radical (unpaired) electrons. The number of rotatable bonds is 2. The number of fused-ring (bicyclic) bond motifs is 1. The number of ether oxygens (including phenoxy) is 1. The van der Waals surface area contributed by atoms with E-state index >= 15 is 0 Å². The summed E-state index contributed by atoms with van der Waals surface area (Å²) in [6.07, 6.45) is 1.24. The van der Waals surface area contributed by atoms with E-state index in [2.05, 4.69) is 4.98 Å². The SMILES string of the molecule is COC1(C)CC(O)(c2cc3ccc(Cl)nc3s2)C1. The van der Waals surface area contributed by atoms with Crippen LogP contribution in [0.1, 0.15) is 24.6 Å². The van der Waals surface area contributed by atoms with Gasteiger partial charge >= 0.3 is 0 Å². The lowest BCUT2D eigenvalue weighted by Crippen LogP contribution is -2.53. The van der Waals surface area contributed by atoms with E-state index in [-0.39, 0.29) is 5.60 Å². The van der Waals surface area contributed by atoms with Crippen LogP contribution in [0.5, 0.6) is 0 Å². The second-order valence-corrected chi connectivity index (χ2v) is 6.60. The molecule has 96 valence electrons. The van der Waals surface area contributed by atoms with Gasteiger partial charge in [-0.3, -0.25) is 0 Å². The minimum absolute atomic E-state index is 0.212. The third-order valence-electron chi connectivity index (χ3n) is 3.63. The number of nitrogens with zero attached hydrogens (tertiary/aromatic N) is 1. The van der Waals surface area contributed by atoms with Crippen molar-refractivity contribution in [2.75, 3.05) is 7.11 Å². The van der Waals surface area contributed by atoms with E-state index in [1.54, 1.807) is 13.2 Å². The molecular formula is C13H14ClNO2S. The first-order valence-electron chi connectivity index (χ1n) is 5.78. The van der Waals surface area contributed by atoms with Crippen LogP contribution in [-0.4, -0.2) is 22.8 Å². The molecule has 2 heterocycles. The van der Waals surface area contributed by atoms with Crippen molar-refractivity contribution in [1.82, 2.24) is 4.98 Å². The van der Waals surface area contributed by atoms with Crippen molar-refractivity contribution in [3.05, 3.63) is 28.2 Å². The van der Waals surface area contributed by atoms with Crippen molar-refractivity contribution >= 4 is 33.2 Å². The molecule has 18 heavy (non-hydrogen) atoms. The summed E-state index contributed by atoms with van der Waals surface area (Å²) >= 11 is 7.38. The Hall–Kier alpha value is -0.680. The van der Waals surface area contributed by atoms with Crippen LogP contribution in [0.4, 0.5) is 0 Å². The van der Waals surface area contributed by atoms with Crippen molar-refractivity contribution in [1.29, 1.82) is 0 Å². The smallest absolute Gasteiger partial charge is 0.130 e. The van der Waals surface area contributed by atoms with E-state index in [4.69, 9.17) is 16.3 Å². The fourth-order valence-electron chi connectivity index (χ4n) is 2.63. The fraction of sp³-hybridized carbons (Fsp3) is 0.462. The van der Waals surface area contributed by atoms with Gasteiger partial charge in [-0.1, -0.05) is 11.6 Å². The quantitative estimate of drug-likeness (QED) is 0.860. The zero-order chi connectivity index (χ0) is 13.0. The third kappa shape index (κ3) is 1.84. The molecule has 0 aliphatic heterocycles. The highest BCUT2D eigenvalue weighted by atomic mass is 35.5. The predicted molar refractivity (Wildman–Crippen MR) is 73.2 cm³/mol. The maximum atomic E-state index is 10.6. The number of hydrogen-bond acceptors (Lipinski definition) is 4. The van der Waals surface area contributed by atoms with Crippen LogP contribution in [0, 0.1) is 0 Å². The van der Waals surface area contributed by atoms with Gasteiger partial charge in [-0.15, -0.1) is 11.3 Å². The number of aliphatic hydroxyl groups is 1. The molecule has 0 saturated heterocycles. The minimum atomic E-state index is -0.775. The fourth-order valence-corrected chi connectivity index (χ4v) is 3.94. The summed E-state index contributed by atoms with van der Waals surface area (Å²) in [7, 11) is 1.69. The van der Waals surface area contributed by atoms with Gasteiger partial charge in [-0.05, 0) is 25.1 Å². The molecule has 1 aliphatic carbocycles. The first kappa shape index (κ1) is 12.4. The first-order valence-corrected chi connectivity index (χ1v) is 6.98. The Morgan fingerprint density at radius 1 is 1.44 bits per heavy atom. The summed E-state index contributed by atoms with van der Waals surface area (Å²) in [5, 5.41) is 12.1. The van der Waals surface area contributed by atoms with Crippen LogP contribution in [0.2, 0.25) is 5.15 Å². The van der Waals surface area contributed by atoms with E-state index < -0.39 is 5.60 Å². The minimum Gasteiger partial charge on any atom is -0.384 e. The number of thiophene rings is 1. The number of methoxy groups -OCH3 is 1. The van der Waals surface area contributed by atoms with E-state index in [0.29, 0.717) is 18.0 Å². The zero-order valence-corrected chi connectivity index (χ0v) is 11.8. The molecule has 3 nitrogen and oxygen atoms in total. The lowest BCUT2D eigenvalue weighted by Gasteiger charge is -2.50. The van der Waals surface area contributed by atoms with Crippen molar-refractivity contribution in [2.45, 2.75) is 31.0 Å². The summed E-state index contributed by atoms with van der Waals surface area (Å²) < 4.78 is 5.39. The summed E-state index contributed by atoms with van der Waals surface area (Å²) in [6.45, 7) is 2.02. The Kier molecular flexibility index (Phi) is 2.68.